The molecule has 2 heterocycles. The van der Waals surface area contributed by atoms with Crippen LogP contribution in [-0.4, -0.2) is 51.8 Å². The maximum Gasteiger partial charge on any atom is 0.253 e. The van der Waals surface area contributed by atoms with Crippen molar-refractivity contribution in [2.24, 2.45) is 0 Å². The second-order valence-corrected chi connectivity index (χ2v) is 13.1. The summed E-state index contributed by atoms with van der Waals surface area (Å²) < 4.78 is 0. The molecule has 15 nitrogen and oxygen atoms in total. The molecule has 0 saturated heterocycles. The molecule has 0 unspecified atom stereocenters. The normalized spacial score (nSPS) is 10.2. The van der Waals surface area contributed by atoms with Crippen LogP contribution >= 0.6 is 23.2 Å². The Morgan fingerprint density at radius 1 is 0.638 bits per heavy atom. The number of nitrogens with zero attached hydrogens (tertiary/aromatic N) is 4. The van der Waals surface area contributed by atoms with Crippen LogP contribution in [0.4, 0.5) is 57.7 Å². The van der Waals surface area contributed by atoms with Gasteiger partial charge in [0, 0.05) is 36.8 Å². The molecule has 0 saturated carbocycles. The molecule has 0 aliphatic carbocycles. The summed E-state index contributed by atoms with van der Waals surface area (Å²) in [6.07, 6.45) is 4.15. The number of anilines is 10. The Bertz CT molecular complexity index is 2480. The first-order valence-electron chi connectivity index (χ1n) is 17.5. The molecule has 0 aliphatic heterocycles. The molecule has 9 N–H and O–H groups in total. The fourth-order valence-corrected chi connectivity index (χ4v) is 5.45. The number of hydrogen-bond donors (Lipinski definition) is 8. The van der Waals surface area contributed by atoms with Crippen LogP contribution in [-0.2, 0) is 4.79 Å². The first-order valence-corrected chi connectivity index (χ1v) is 18.3. The van der Waals surface area contributed by atoms with E-state index in [9.17, 15) is 14.4 Å². The highest BCUT2D eigenvalue weighted by Gasteiger charge is 2.15. The van der Waals surface area contributed by atoms with Crippen LogP contribution < -0.4 is 43.0 Å². The fourth-order valence-electron chi connectivity index (χ4n) is 5.18. The second-order valence-electron chi connectivity index (χ2n) is 12.3. The molecule has 58 heavy (non-hydrogen) atoms. The zero-order valence-electron chi connectivity index (χ0n) is 31.9. The number of aryl methyl sites for hydroxylation is 2. The number of amides is 3. The van der Waals surface area contributed by atoms with Crippen molar-refractivity contribution in [1.29, 1.82) is 0 Å². The summed E-state index contributed by atoms with van der Waals surface area (Å²) >= 11 is 12.5. The average molecular weight is 820 g/mol. The Kier molecular flexibility index (Phi) is 14.1. The maximum atomic E-state index is 12.1. The van der Waals surface area contributed by atoms with Crippen LogP contribution in [0.25, 0.3) is 0 Å². The van der Waals surface area contributed by atoms with Crippen molar-refractivity contribution in [3.05, 3.63) is 142 Å². The van der Waals surface area contributed by atoms with Crippen molar-refractivity contribution in [3.8, 4) is 0 Å². The highest BCUT2D eigenvalue weighted by atomic mass is 35.5. The zero-order chi connectivity index (χ0) is 41.8. The molecule has 6 rings (SSSR count). The van der Waals surface area contributed by atoms with E-state index >= 15 is 0 Å². The van der Waals surface area contributed by atoms with Gasteiger partial charge in [0.15, 0.2) is 11.6 Å². The van der Waals surface area contributed by atoms with Crippen LogP contribution in [0.5, 0.6) is 0 Å². The third-order valence-corrected chi connectivity index (χ3v) is 8.79. The third kappa shape index (κ3) is 11.0. The second kappa shape index (κ2) is 19.6. The molecule has 296 valence electrons. The van der Waals surface area contributed by atoms with Crippen molar-refractivity contribution in [1.82, 2.24) is 30.6 Å². The van der Waals surface area contributed by atoms with Crippen LogP contribution in [0.2, 0.25) is 10.0 Å². The van der Waals surface area contributed by atoms with E-state index in [2.05, 4.69) is 63.7 Å². The van der Waals surface area contributed by atoms with Crippen LogP contribution in [0.1, 0.15) is 31.8 Å². The Hall–Kier alpha value is -7.23. The Balaban J connectivity index is 0.000000223. The molecule has 0 bridgehead atoms. The quantitative estimate of drug-likeness (QED) is 0.0433. The number of para-hydroxylation sites is 2. The monoisotopic (exact) mass is 818 g/mol. The summed E-state index contributed by atoms with van der Waals surface area (Å²) in [5.74, 6) is 0.612. The van der Waals surface area contributed by atoms with Gasteiger partial charge >= 0.3 is 0 Å². The number of benzene rings is 4. The molecular formula is C41H40Cl2N12O3. The number of halogens is 2. The Morgan fingerprint density at radius 3 is 1.59 bits per heavy atom. The predicted molar refractivity (Wildman–Crippen MR) is 232 cm³/mol. The highest BCUT2D eigenvalue weighted by molar-refractivity contribution is 6.33. The van der Waals surface area contributed by atoms with Gasteiger partial charge in [-0.15, -0.1) is 0 Å². The third-order valence-electron chi connectivity index (χ3n) is 8.24. The van der Waals surface area contributed by atoms with Crippen LogP contribution in [0.15, 0.2) is 110 Å². The highest BCUT2D eigenvalue weighted by Crippen LogP contribution is 2.30. The number of nitrogens with one attached hydrogen (secondary N) is 7. The Morgan fingerprint density at radius 2 is 1.10 bits per heavy atom. The van der Waals surface area contributed by atoms with Gasteiger partial charge in [0.2, 0.25) is 17.8 Å². The Labute approximate surface area is 344 Å². The number of aromatic nitrogens is 4. The topological polar surface area (TPSA) is 213 Å². The minimum absolute atomic E-state index is 0.211. The van der Waals surface area contributed by atoms with Crippen molar-refractivity contribution < 1.29 is 14.4 Å². The zero-order valence-corrected chi connectivity index (χ0v) is 33.4. The van der Waals surface area contributed by atoms with Gasteiger partial charge in [-0.1, -0.05) is 66.2 Å². The minimum Gasteiger partial charge on any atom is -0.399 e. The van der Waals surface area contributed by atoms with Gasteiger partial charge in [-0.05, 0) is 79.6 Å². The largest absolute Gasteiger partial charge is 0.399 e. The van der Waals surface area contributed by atoms with E-state index in [1.165, 1.54) is 18.5 Å². The first kappa shape index (κ1) is 41.9. The van der Waals surface area contributed by atoms with Gasteiger partial charge < -0.3 is 43.0 Å². The lowest BCUT2D eigenvalue weighted by molar-refractivity contribution is -0.111. The molecule has 3 amide bonds. The van der Waals surface area contributed by atoms with E-state index in [1.807, 2.05) is 38.1 Å². The molecule has 0 spiro atoms. The SMILES string of the molecule is C=CC(=O)Nc1ccc(C)c(Nc2ncc(Cl)c(Nc3ccccc3C(=O)NC)n2)c1.CNC(=O)c1ccccc1Nc1nc(Nc2cc(N)ccc2C)ncc1Cl. The predicted octanol–water partition coefficient (Wildman–Crippen LogP) is 8.28. The lowest BCUT2D eigenvalue weighted by Gasteiger charge is -2.14. The summed E-state index contributed by atoms with van der Waals surface area (Å²) in [4.78, 5) is 53.0. The number of nitrogens with two attached hydrogens (primary N) is 1. The lowest BCUT2D eigenvalue weighted by Crippen LogP contribution is -2.19. The molecule has 0 aliphatic rings. The molecule has 4 aromatic carbocycles. The molecule has 0 radical (unpaired) electrons. The fraction of sp³-hybridized carbons (Fsp3) is 0.0976. The smallest absolute Gasteiger partial charge is 0.253 e. The van der Waals surface area contributed by atoms with E-state index < -0.39 is 0 Å². The number of carbonyl (C=O) groups excluding carboxylic acids is 3. The van der Waals surface area contributed by atoms with E-state index in [0.717, 1.165) is 16.8 Å². The van der Waals surface area contributed by atoms with Gasteiger partial charge in [0.1, 0.15) is 10.0 Å². The average Bonchev–Trinajstić information content (AvgIpc) is 3.23. The molecule has 2 aromatic heterocycles. The molecular weight excluding hydrogens is 779 g/mol. The van der Waals surface area contributed by atoms with Crippen LogP contribution in [0, 0.1) is 13.8 Å². The van der Waals surface area contributed by atoms with E-state index in [0.29, 0.717) is 73.1 Å². The van der Waals surface area contributed by atoms with Crippen LogP contribution in [0.3, 0.4) is 0 Å². The van der Waals surface area contributed by atoms with Gasteiger partial charge in [0.25, 0.3) is 11.8 Å². The summed E-state index contributed by atoms with van der Waals surface area (Å²) in [6, 6.07) is 25.1. The summed E-state index contributed by atoms with van der Waals surface area (Å²) in [5, 5.41) is 21.0. The number of nitrogen functional groups attached to an aromatic ring is 1. The standard InChI is InChI=1S/C22H21ClN6O2.C19H19ClN6O/c1-4-19(30)26-14-10-9-13(2)18(11-14)28-22-25-12-16(23)20(29-22)27-17-8-6-5-7-15(17)21(31)24-3;1-11-7-8-12(21)9-16(11)25-19-23-10-14(20)17(26-19)24-15-6-4-3-5-13(15)18(27)22-2/h4-12H,1H2,2-3H3,(H,24,31)(H,26,30)(H2,25,27,28,29);3-10H,21H2,1-2H3,(H,22,27)(H2,23,24,25,26). The lowest BCUT2D eigenvalue weighted by atomic mass is 10.1. The number of carbonyl (C=O) groups is 3. The van der Waals surface area contributed by atoms with Crippen molar-refractivity contribution in [2.45, 2.75) is 13.8 Å². The molecule has 0 atom stereocenters. The number of rotatable bonds is 12. The first-order chi connectivity index (χ1) is 27.9. The van der Waals surface area contributed by atoms with E-state index in [4.69, 9.17) is 28.9 Å². The van der Waals surface area contributed by atoms with Crippen molar-refractivity contribution in [3.63, 3.8) is 0 Å². The van der Waals surface area contributed by atoms with Gasteiger partial charge in [0.05, 0.1) is 34.9 Å². The summed E-state index contributed by atoms with van der Waals surface area (Å²) in [7, 11) is 3.14. The molecule has 0 fully saturated rings. The van der Waals surface area contributed by atoms with Crippen molar-refractivity contribution >= 4 is 98.6 Å². The minimum atomic E-state index is -0.307. The van der Waals surface area contributed by atoms with Gasteiger partial charge in [-0.3, -0.25) is 14.4 Å². The summed E-state index contributed by atoms with van der Waals surface area (Å²) in [5.41, 5.74) is 12.6. The van der Waals surface area contributed by atoms with E-state index in [-0.39, 0.29) is 17.7 Å². The van der Waals surface area contributed by atoms with Gasteiger partial charge in [-0.2, -0.15) is 9.97 Å². The molecule has 17 heteroatoms. The van der Waals surface area contributed by atoms with Gasteiger partial charge in [-0.25, -0.2) is 9.97 Å². The summed E-state index contributed by atoms with van der Waals surface area (Å²) in [6.45, 7) is 7.31. The van der Waals surface area contributed by atoms with E-state index in [1.54, 1.807) is 74.8 Å². The number of hydrogen-bond acceptors (Lipinski definition) is 12. The maximum absolute atomic E-state index is 12.1. The van der Waals surface area contributed by atoms with Crippen molar-refractivity contribution in [2.75, 3.05) is 46.4 Å². The molecule has 6 aromatic rings.